The van der Waals surface area contributed by atoms with Gasteiger partial charge in [-0.2, -0.15) is 0 Å². The fourth-order valence-corrected chi connectivity index (χ4v) is 2.30. The van der Waals surface area contributed by atoms with Crippen molar-refractivity contribution in [3.63, 3.8) is 0 Å². The van der Waals surface area contributed by atoms with Crippen molar-refractivity contribution < 1.29 is 19.0 Å². The van der Waals surface area contributed by atoms with E-state index in [2.05, 4.69) is 0 Å². The molecule has 0 radical (unpaired) electrons. The van der Waals surface area contributed by atoms with Crippen LogP contribution in [-0.4, -0.2) is 26.6 Å². The van der Waals surface area contributed by atoms with E-state index in [-0.39, 0.29) is 5.78 Å². The first-order valence-electron chi connectivity index (χ1n) is 8.02. The van der Waals surface area contributed by atoms with Crippen LogP contribution in [0.15, 0.2) is 54.6 Å². The number of ether oxygens (including phenoxy) is 3. The number of para-hydroxylation sites is 1. The summed E-state index contributed by atoms with van der Waals surface area (Å²) in [4.78, 5) is 12.1. The highest BCUT2D eigenvalue weighted by molar-refractivity contribution is 6.04. The van der Waals surface area contributed by atoms with Crippen LogP contribution in [0.3, 0.4) is 0 Å². The van der Waals surface area contributed by atoms with Crippen LogP contribution >= 0.6 is 0 Å². The Balaban J connectivity index is 2.12. The largest absolute Gasteiger partial charge is 0.497 e. The fraction of sp³-hybridized carbons (Fsp3) is 0.190. The molecule has 0 aliphatic rings. The van der Waals surface area contributed by atoms with E-state index in [1.807, 2.05) is 49.4 Å². The Labute approximate surface area is 148 Å². The zero-order valence-corrected chi connectivity index (χ0v) is 14.7. The molecule has 0 aliphatic heterocycles. The fourth-order valence-electron chi connectivity index (χ4n) is 2.30. The molecule has 0 unspecified atom stereocenters. The van der Waals surface area contributed by atoms with Crippen LogP contribution in [0.4, 0.5) is 0 Å². The van der Waals surface area contributed by atoms with E-state index in [9.17, 15) is 4.79 Å². The van der Waals surface area contributed by atoms with E-state index >= 15 is 0 Å². The number of allylic oxidation sites excluding steroid dienone is 2. The quantitative estimate of drug-likeness (QED) is 0.669. The van der Waals surface area contributed by atoms with Gasteiger partial charge in [-0.1, -0.05) is 30.3 Å². The Hall–Kier alpha value is -3.01. The third kappa shape index (κ3) is 5.24. The molecule has 2 aromatic carbocycles. The Morgan fingerprint density at radius 2 is 1.76 bits per heavy atom. The van der Waals surface area contributed by atoms with Crippen LogP contribution in [0.5, 0.6) is 17.2 Å². The zero-order valence-electron chi connectivity index (χ0n) is 14.7. The summed E-state index contributed by atoms with van der Waals surface area (Å²) in [5.74, 6) is 1.91. The molecule has 4 nitrogen and oxygen atoms in total. The minimum atomic E-state index is -0.119. The number of carbonyl (C=O) groups excluding carboxylic acids is 1. The van der Waals surface area contributed by atoms with Crippen LogP contribution in [0.25, 0.3) is 12.2 Å². The molecule has 0 saturated heterocycles. The lowest BCUT2D eigenvalue weighted by atomic mass is 10.1. The maximum atomic E-state index is 12.1. The average Bonchev–Trinajstić information content (AvgIpc) is 2.65. The Bertz CT molecular complexity index is 775. The second-order valence-electron chi connectivity index (χ2n) is 5.16. The van der Waals surface area contributed by atoms with Crippen molar-refractivity contribution in [1.29, 1.82) is 0 Å². The molecule has 0 heterocycles. The molecule has 2 aromatic rings. The van der Waals surface area contributed by atoms with Crippen molar-refractivity contribution in [2.75, 3.05) is 20.8 Å². The maximum absolute atomic E-state index is 12.1. The van der Waals surface area contributed by atoms with Crippen molar-refractivity contribution in [3.05, 3.63) is 65.7 Å². The average molecular weight is 338 g/mol. The number of benzene rings is 2. The molecule has 0 saturated carbocycles. The molecule has 0 amide bonds. The SMILES string of the molecule is CCOc1cccc(/C=C/C(=O)/C=C/c2cccc(OC)c2)c1OC. The monoisotopic (exact) mass is 338 g/mol. The molecule has 0 spiro atoms. The van der Waals surface area contributed by atoms with E-state index in [0.29, 0.717) is 18.1 Å². The molecule has 0 fully saturated rings. The first-order valence-corrected chi connectivity index (χ1v) is 8.02. The molecule has 4 heteroatoms. The lowest BCUT2D eigenvalue weighted by Crippen LogP contribution is -1.96. The van der Waals surface area contributed by atoms with Crippen LogP contribution in [0, 0.1) is 0 Å². The van der Waals surface area contributed by atoms with Gasteiger partial charge in [0.15, 0.2) is 17.3 Å². The highest BCUT2D eigenvalue weighted by Gasteiger charge is 2.07. The summed E-state index contributed by atoms with van der Waals surface area (Å²) in [5, 5.41) is 0. The Kier molecular flexibility index (Phi) is 6.84. The molecule has 0 aromatic heterocycles. The molecule has 130 valence electrons. The number of methoxy groups -OCH3 is 2. The van der Waals surface area contributed by atoms with Gasteiger partial charge in [0, 0.05) is 5.56 Å². The predicted molar refractivity (Wildman–Crippen MR) is 100 cm³/mol. The van der Waals surface area contributed by atoms with E-state index < -0.39 is 0 Å². The topological polar surface area (TPSA) is 44.8 Å². The van der Waals surface area contributed by atoms with Gasteiger partial charge < -0.3 is 14.2 Å². The maximum Gasteiger partial charge on any atom is 0.178 e. The van der Waals surface area contributed by atoms with Crippen molar-refractivity contribution in [1.82, 2.24) is 0 Å². The van der Waals surface area contributed by atoms with Crippen molar-refractivity contribution in [2.24, 2.45) is 0 Å². The van der Waals surface area contributed by atoms with Crippen molar-refractivity contribution in [2.45, 2.75) is 6.92 Å². The van der Waals surface area contributed by atoms with Gasteiger partial charge in [0.2, 0.25) is 0 Å². The van der Waals surface area contributed by atoms with Gasteiger partial charge in [0.1, 0.15) is 5.75 Å². The van der Waals surface area contributed by atoms with E-state index in [1.165, 1.54) is 12.2 Å². The first kappa shape index (κ1) is 18.3. The van der Waals surface area contributed by atoms with Crippen LogP contribution < -0.4 is 14.2 Å². The molecular formula is C21H22O4. The summed E-state index contributed by atoms with van der Waals surface area (Å²) in [5.41, 5.74) is 1.69. The summed E-state index contributed by atoms with van der Waals surface area (Å²) in [6.45, 7) is 2.46. The second-order valence-corrected chi connectivity index (χ2v) is 5.16. The lowest BCUT2D eigenvalue weighted by Gasteiger charge is -2.11. The van der Waals surface area contributed by atoms with Gasteiger partial charge >= 0.3 is 0 Å². The molecule has 0 N–H and O–H groups in total. The van der Waals surface area contributed by atoms with Crippen molar-refractivity contribution >= 4 is 17.9 Å². The number of carbonyl (C=O) groups is 1. The minimum Gasteiger partial charge on any atom is -0.497 e. The molecule has 25 heavy (non-hydrogen) atoms. The van der Waals surface area contributed by atoms with Crippen LogP contribution in [0.1, 0.15) is 18.1 Å². The van der Waals surface area contributed by atoms with E-state index in [0.717, 1.165) is 16.9 Å². The van der Waals surface area contributed by atoms with Crippen molar-refractivity contribution in [3.8, 4) is 17.2 Å². The van der Waals surface area contributed by atoms with Crippen LogP contribution in [0.2, 0.25) is 0 Å². The van der Waals surface area contributed by atoms with Gasteiger partial charge in [-0.3, -0.25) is 4.79 Å². The lowest BCUT2D eigenvalue weighted by molar-refractivity contribution is -0.110. The summed E-state index contributed by atoms with van der Waals surface area (Å²) in [6, 6.07) is 13.1. The third-order valence-corrected chi connectivity index (χ3v) is 3.47. The highest BCUT2D eigenvalue weighted by Crippen LogP contribution is 2.31. The van der Waals surface area contributed by atoms with E-state index in [1.54, 1.807) is 26.4 Å². The normalized spacial score (nSPS) is 11.0. The highest BCUT2D eigenvalue weighted by atomic mass is 16.5. The summed E-state index contributed by atoms with van der Waals surface area (Å²) < 4.78 is 16.1. The molecule has 0 bridgehead atoms. The number of ketones is 1. The van der Waals surface area contributed by atoms with Gasteiger partial charge in [-0.05, 0) is 48.9 Å². The van der Waals surface area contributed by atoms with E-state index in [4.69, 9.17) is 14.2 Å². The Morgan fingerprint density at radius 1 is 1.00 bits per heavy atom. The van der Waals surface area contributed by atoms with Gasteiger partial charge in [-0.25, -0.2) is 0 Å². The second kappa shape index (κ2) is 9.33. The van der Waals surface area contributed by atoms with Gasteiger partial charge in [-0.15, -0.1) is 0 Å². The molecule has 2 rings (SSSR count). The van der Waals surface area contributed by atoms with Crippen LogP contribution in [-0.2, 0) is 4.79 Å². The summed E-state index contributed by atoms with van der Waals surface area (Å²) in [6.07, 6.45) is 6.50. The smallest absolute Gasteiger partial charge is 0.178 e. The predicted octanol–water partition coefficient (Wildman–Crippen LogP) is 4.40. The first-order chi connectivity index (χ1) is 12.2. The third-order valence-electron chi connectivity index (χ3n) is 3.47. The summed E-state index contributed by atoms with van der Waals surface area (Å²) in [7, 11) is 3.19. The zero-order chi connectivity index (χ0) is 18.1. The Morgan fingerprint density at radius 3 is 2.48 bits per heavy atom. The number of rotatable bonds is 8. The summed E-state index contributed by atoms with van der Waals surface area (Å²) >= 11 is 0. The number of hydrogen-bond donors (Lipinski definition) is 0. The molecule has 0 aliphatic carbocycles. The molecule has 0 atom stereocenters. The standard InChI is InChI=1S/C21H22O4/c1-4-25-20-10-6-8-17(21(20)24-3)12-14-18(22)13-11-16-7-5-9-19(15-16)23-2/h5-15H,4H2,1-3H3/b13-11+,14-12+. The minimum absolute atomic E-state index is 0.119. The van der Waals surface area contributed by atoms with Gasteiger partial charge in [0.05, 0.1) is 20.8 Å². The molecular weight excluding hydrogens is 316 g/mol. The number of hydrogen-bond acceptors (Lipinski definition) is 4. The van der Waals surface area contributed by atoms with Gasteiger partial charge in [0.25, 0.3) is 0 Å².